The predicted octanol–water partition coefficient (Wildman–Crippen LogP) is 4.87. The lowest BCUT2D eigenvalue weighted by Crippen LogP contribution is -2.46. The molecule has 3 rings (SSSR count). The normalized spacial score (nSPS) is 14.5. The van der Waals surface area contributed by atoms with Crippen LogP contribution in [0.15, 0.2) is 42.5 Å². The molecule has 3 unspecified atom stereocenters. The summed E-state index contributed by atoms with van der Waals surface area (Å²) in [6.45, 7) is 6.54. The molecule has 0 saturated carbocycles. The van der Waals surface area contributed by atoms with Gasteiger partial charge in [-0.05, 0) is 60.1 Å². The molecule has 2 N–H and O–H groups in total. The second-order valence-electron chi connectivity index (χ2n) is 8.09. The number of fused-ring (bicyclic) bond motifs is 1. The molecule has 0 aliphatic rings. The number of nitrogens with zero attached hydrogens (tertiary/aromatic N) is 1. The number of esters is 1. The summed E-state index contributed by atoms with van der Waals surface area (Å²) in [5, 5.41) is 8.39. The minimum Gasteiger partial charge on any atom is -0.419 e. The number of halogens is 1. The summed E-state index contributed by atoms with van der Waals surface area (Å²) in [5.74, 6) is 0.199. The van der Waals surface area contributed by atoms with E-state index in [1.165, 1.54) is 12.1 Å². The first kappa shape index (κ1) is 24.5. The van der Waals surface area contributed by atoms with Crippen molar-refractivity contribution in [3.63, 3.8) is 0 Å². The molecule has 6 nitrogen and oxygen atoms in total. The van der Waals surface area contributed by atoms with Gasteiger partial charge in [-0.1, -0.05) is 32.0 Å². The predicted molar refractivity (Wildman–Crippen MR) is 125 cm³/mol. The fourth-order valence-corrected chi connectivity index (χ4v) is 4.33. The van der Waals surface area contributed by atoms with Gasteiger partial charge in [0.25, 0.3) is 0 Å². The lowest BCUT2D eigenvalue weighted by molar-refractivity contribution is -0.138. The van der Waals surface area contributed by atoms with Crippen LogP contribution in [0.2, 0.25) is 0 Å². The van der Waals surface area contributed by atoms with Crippen LogP contribution in [0.3, 0.4) is 0 Å². The number of ether oxygens (including phenoxy) is 1. The maximum atomic E-state index is 13.9. The van der Waals surface area contributed by atoms with Crippen molar-refractivity contribution in [3.8, 4) is 29.4 Å². The Hall–Kier alpha value is -3.17. The molecule has 3 atom stereocenters. The van der Waals surface area contributed by atoms with Gasteiger partial charge in [-0.15, -0.1) is 6.42 Å². The van der Waals surface area contributed by atoms with Crippen LogP contribution >= 0.6 is 8.03 Å². The summed E-state index contributed by atoms with van der Waals surface area (Å²) in [6.07, 6.45) is 3.77. The molecule has 0 amide bonds. The minimum atomic E-state index is -3.34. The lowest BCUT2D eigenvalue weighted by Gasteiger charge is -2.22. The van der Waals surface area contributed by atoms with Gasteiger partial charge in [-0.2, -0.15) is 4.89 Å². The molecule has 3 aromatic rings. The Morgan fingerprint density at radius 3 is 2.45 bits per heavy atom. The number of aliphatic hydroxyl groups excluding tert-OH is 1. The van der Waals surface area contributed by atoms with Crippen LogP contribution in [0, 0.1) is 25.1 Å². The maximum absolute atomic E-state index is 13.9. The second-order valence-corrected chi connectivity index (χ2v) is 9.34. The van der Waals surface area contributed by atoms with Crippen LogP contribution in [0.1, 0.15) is 37.8 Å². The third kappa shape index (κ3) is 4.26. The first-order valence-corrected chi connectivity index (χ1v) is 11.5. The summed E-state index contributed by atoms with van der Waals surface area (Å²) in [5.41, 5.74) is 2.35. The van der Waals surface area contributed by atoms with Gasteiger partial charge in [0.1, 0.15) is 17.6 Å². The zero-order valence-electron chi connectivity index (χ0n) is 18.7. The summed E-state index contributed by atoms with van der Waals surface area (Å²) >= 11 is 0. The average molecular weight is 468 g/mol. The monoisotopic (exact) mass is 468 g/mol. The highest BCUT2D eigenvalue weighted by molar-refractivity contribution is 7.42. The van der Waals surface area contributed by atoms with Crippen molar-refractivity contribution in [3.05, 3.63) is 59.4 Å². The number of aromatic nitrogens is 1. The molecule has 8 heteroatoms. The van der Waals surface area contributed by atoms with E-state index in [9.17, 15) is 23.7 Å². The molecular weight excluding hydrogens is 444 g/mol. The summed E-state index contributed by atoms with van der Waals surface area (Å²) in [6, 6.07) is 11.6. The van der Waals surface area contributed by atoms with Crippen molar-refractivity contribution in [1.29, 1.82) is 0 Å². The molecule has 0 bridgehead atoms. The largest absolute Gasteiger partial charge is 0.540 e. The fraction of sp³-hybridized carbons (Fsp3) is 0.280. The van der Waals surface area contributed by atoms with Crippen molar-refractivity contribution in [1.82, 2.24) is 4.98 Å². The Labute approximate surface area is 192 Å². The number of para-hydroxylation sites is 1. The van der Waals surface area contributed by atoms with Gasteiger partial charge in [-0.25, -0.2) is 14.2 Å². The number of hydrogen-bond donors (Lipinski definition) is 2. The molecule has 0 spiro atoms. The Morgan fingerprint density at radius 1 is 1.24 bits per heavy atom. The number of benzene rings is 2. The molecular formula is C25H24FNO5P+. The first-order valence-electron chi connectivity index (χ1n) is 10.3. The average Bonchev–Trinajstić information content (AvgIpc) is 2.75. The van der Waals surface area contributed by atoms with Crippen LogP contribution in [-0.2, 0) is 9.36 Å². The van der Waals surface area contributed by atoms with E-state index in [0.29, 0.717) is 22.2 Å². The highest BCUT2D eigenvalue weighted by Gasteiger charge is 2.62. The summed E-state index contributed by atoms with van der Waals surface area (Å²) in [4.78, 5) is 27.7. The maximum Gasteiger partial charge on any atom is 0.540 e. The number of aliphatic hydroxyl groups is 1. The van der Waals surface area contributed by atoms with E-state index in [2.05, 4.69) is 4.98 Å². The zero-order chi connectivity index (χ0) is 24.5. The highest BCUT2D eigenvalue weighted by Crippen LogP contribution is 2.44. The first-order chi connectivity index (χ1) is 15.5. The van der Waals surface area contributed by atoms with Crippen LogP contribution in [-0.4, -0.2) is 32.2 Å². The van der Waals surface area contributed by atoms with Crippen molar-refractivity contribution in [2.24, 2.45) is 0 Å². The number of carbonyl (C=O) groups excluding carboxylic acids is 1. The Kier molecular flexibility index (Phi) is 6.94. The van der Waals surface area contributed by atoms with Crippen LogP contribution < -0.4 is 4.74 Å². The number of pyridine rings is 1. The van der Waals surface area contributed by atoms with E-state index in [1.54, 1.807) is 19.1 Å². The van der Waals surface area contributed by atoms with E-state index >= 15 is 0 Å². The molecule has 170 valence electrons. The van der Waals surface area contributed by atoms with E-state index < -0.39 is 31.1 Å². The van der Waals surface area contributed by atoms with Crippen molar-refractivity contribution in [2.75, 3.05) is 0 Å². The van der Waals surface area contributed by atoms with Gasteiger partial charge < -0.3 is 9.84 Å². The Bertz CT molecular complexity index is 1300. The third-order valence-corrected chi connectivity index (χ3v) is 6.82. The molecule has 1 aromatic heterocycles. The quantitative estimate of drug-likeness (QED) is 0.305. The topological polar surface area (TPSA) is 96.7 Å². The lowest BCUT2D eigenvalue weighted by atomic mass is 9.94. The van der Waals surface area contributed by atoms with Crippen LogP contribution in [0.5, 0.6) is 5.75 Å². The fourth-order valence-electron chi connectivity index (χ4n) is 3.70. The van der Waals surface area contributed by atoms with Crippen molar-refractivity contribution in [2.45, 2.75) is 44.9 Å². The molecule has 0 radical (unpaired) electrons. The number of carbonyl (C=O) groups is 1. The minimum absolute atomic E-state index is 0.0387. The zero-order valence-corrected chi connectivity index (χ0v) is 19.6. The van der Waals surface area contributed by atoms with Crippen molar-refractivity contribution >= 4 is 24.9 Å². The van der Waals surface area contributed by atoms with Gasteiger partial charge in [0.15, 0.2) is 5.75 Å². The molecule has 1 heterocycles. The summed E-state index contributed by atoms with van der Waals surface area (Å²) in [7, 11) is -3.34. The van der Waals surface area contributed by atoms with Gasteiger partial charge >= 0.3 is 19.2 Å². The third-order valence-electron chi connectivity index (χ3n) is 5.53. The van der Waals surface area contributed by atoms with Crippen LogP contribution in [0.25, 0.3) is 22.2 Å². The van der Waals surface area contributed by atoms with Gasteiger partial charge in [-0.3, -0.25) is 0 Å². The van der Waals surface area contributed by atoms with E-state index in [-0.39, 0.29) is 17.4 Å². The van der Waals surface area contributed by atoms with E-state index in [0.717, 1.165) is 12.3 Å². The van der Waals surface area contributed by atoms with Gasteiger partial charge in [0.05, 0.1) is 5.52 Å². The highest BCUT2D eigenvalue weighted by atomic mass is 31.1. The van der Waals surface area contributed by atoms with Gasteiger partial charge in [0, 0.05) is 16.5 Å². The standard InChI is InChI=1S/C25H23FNO5P/c1-6-25(16(5)28,33(30)31)24(29)32-23-21(14(2)3)18-9-7-8-10-20(18)27-22(23)17-11-12-19(26)15(4)13-17/h1,7-14,16,28H,2-5H3/p+1. The smallest absolute Gasteiger partial charge is 0.419 e. The number of terminal acetylenes is 1. The number of rotatable bonds is 6. The summed E-state index contributed by atoms with van der Waals surface area (Å²) < 4.78 is 31.7. The molecule has 0 fully saturated rings. The Balaban J connectivity index is 2.36. The SMILES string of the molecule is C#CC(C(=O)Oc1c(-c2ccc(F)c(C)c2)nc2ccccc2c1C(C)C)(C(C)O)[P+](=O)O. The molecule has 0 aliphatic heterocycles. The van der Waals surface area contributed by atoms with E-state index in [1.807, 2.05) is 38.0 Å². The second kappa shape index (κ2) is 9.36. The molecule has 2 aromatic carbocycles. The van der Waals surface area contributed by atoms with E-state index in [4.69, 9.17) is 11.2 Å². The molecule has 0 saturated heterocycles. The van der Waals surface area contributed by atoms with Crippen LogP contribution in [0.4, 0.5) is 4.39 Å². The Morgan fingerprint density at radius 2 is 1.91 bits per heavy atom. The van der Waals surface area contributed by atoms with Gasteiger partial charge in [0.2, 0.25) is 0 Å². The number of hydrogen-bond acceptors (Lipinski definition) is 5. The molecule has 0 aliphatic carbocycles. The number of aryl methyl sites for hydroxylation is 1. The molecule has 33 heavy (non-hydrogen) atoms. The van der Waals surface area contributed by atoms with Crippen molar-refractivity contribution < 1.29 is 28.5 Å².